The monoisotopic (exact) mass is 361 g/mol. The molecule has 1 aromatic heterocycles. The fourth-order valence-electron chi connectivity index (χ4n) is 2.44. The Morgan fingerprint density at radius 1 is 1.00 bits per heavy atom. The van der Waals surface area contributed by atoms with E-state index in [1.54, 1.807) is 24.5 Å². The molecule has 5 heteroatoms. The van der Waals surface area contributed by atoms with Crippen LogP contribution in [0.15, 0.2) is 65.8 Å². The highest BCUT2D eigenvalue weighted by Crippen LogP contribution is 2.42. The Hall–Kier alpha value is -1.91. The fourth-order valence-corrected chi connectivity index (χ4v) is 3.83. The van der Waals surface area contributed by atoms with Crippen LogP contribution in [-0.2, 0) is 0 Å². The van der Waals surface area contributed by atoms with E-state index in [-0.39, 0.29) is 5.25 Å². The Balaban J connectivity index is 2.08. The molecule has 0 amide bonds. The van der Waals surface area contributed by atoms with Gasteiger partial charge >= 0.3 is 0 Å². The molecule has 0 aliphatic heterocycles. The average molecular weight is 362 g/mol. The number of hydrogen-bond donors (Lipinski definition) is 0. The highest BCUT2D eigenvalue weighted by molar-refractivity contribution is 7.99. The van der Waals surface area contributed by atoms with Crippen LogP contribution < -0.4 is 0 Å². The van der Waals surface area contributed by atoms with E-state index in [2.05, 4.69) is 4.98 Å². The lowest BCUT2D eigenvalue weighted by molar-refractivity contribution is 0.587. The third kappa shape index (κ3) is 3.77. The van der Waals surface area contributed by atoms with E-state index in [1.807, 2.05) is 25.1 Å². The second kappa shape index (κ2) is 7.32. The van der Waals surface area contributed by atoms with Crippen LogP contribution in [0.3, 0.4) is 0 Å². The van der Waals surface area contributed by atoms with Crippen molar-refractivity contribution in [3.05, 3.63) is 94.3 Å². The van der Waals surface area contributed by atoms with Crippen molar-refractivity contribution < 1.29 is 8.78 Å². The normalized spacial score (nSPS) is 12.2. The van der Waals surface area contributed by atoms with E-state index in [4.69, 9.17) is 11.6 Å². The molecule has 0 aliphatic carbocycles. The third-order valence-electron chi connectivity index (χ3n) is 3.65. The van der Waals surface area contributed by atoms with Gasteiger partial charge in [0.15, 0.2) is 0 Å². The Labute approximate surface area is 148 Å². The minimum absolute atomic E-state index is 0.309. The lowest BCUT2D eigenvalue weighted by atomic mass is 10.0. The first kappa shape index (κ1) is 16.9. The summed E-state index contributed by atoms with van der Waals surface area (Å²) in [5, 5.41) is 0.248. The molecule has 0 aliphatic rings. The van der Waals surface area contributed by atoms with Crippen molar-refractivity contribution in [2.24, 2.45) is 0 Å². The van der Waals surface area contributed by atoms with Crippen molar-refractivity contribution in [1.82, 2.24) is 4.98 Å². The van der Waals surface area contributed by atoms with Crippen LogP contribution in [0.2, 0.25) is 5.02 Å². The summed E-state index contributed by atoms with van der Waals surface area (Å²) < 4.78 is 28.1. The maximum absolute atomic E-state index is 14.4. The zero-order chi connectivity index (χ0) is 17.1. The van der Waals surface area contributed by atoms with Gasteiger partial charge < -0.3 is 0 Å². The molecule has 1 nitrogen and oxygen atoms in total. The van der Waals surface area contributed by atoms with Crippen molar-refractivity contribution in [2.75, 3.05) is 0 Å². The summed E-state index contributed by atoms with van der Waals surface area (Å²) in [6.07, 6.45) is 3.39. The molecule has 1 unspecified atom stereocenters. The topological polar surface area (TPSA) is 12.9 Å². The van der Waals surface area contributed by atoms with Crippen molar-refractivity contribution in [3.8, 4) is 0 Å². The van der Waals surface area contributed by atoms with Crippen molar-refractivity contribution in [3.63, 3.8) is 0 Å². The number of halogens is 3. The molecular formula is C19H14ClF2NS. The maximum Gasteiger partial charge on any atom is 0.128 e. The molecule has 1 heterocycles. The first-order valence-electron chi connectivity index (χ1n) is 7.32. The molecule has 3 aromatic rings. The predicted molar refractivity (Wildman–Crippen MR) is 94.5 cm³/mol. The number of aryl methyl sites for hydroxylation is 1. The minimum atomic E-state index is -0.459. The van der Waals surface area contributed by atoms with E-state index < -0.39 is 11.6 Å². The number of rotatable bonds is 4. The summed E-state index contributed by atoms with van der Waals surface area (Å²) in [6, 6.07) is 12.7. The van der Waals surface area contributed by atoms with Crippen LogP contribution in [0, 0.1) is 18.6 Å². The summed E-state index contributed by atoms with van der Waals surface area (Å²) in [6.45, 7) is 1.91. The summed E-state index contributed by atoms with van der Waals surface area (Å²) in [5.41, 5.74) is 2.13. The van der Waals surface area contributed by atoms with Gasteiger partial charge in [-0.2, -0.15) is 0 Å². The first-order valence-corrected chi connectivity index (χ1v) is 8.58. The van der Waals surface area contributed by atoms with Crippen molar-refractivity contribution >= 4 is 23.4 Å². The van der Waals surface area contributed by atoms with Gasteiger partial charge in [0, 0.05) is 27.9 Å². The average Bonchev–Trinajstić information content (AvgIpc) is 2.58. The largest absolute Gasteiger partial charge is 0.264 e. The molecule has 2 aromatic carbocycles. The quantitative estimate of drug-likeness (QED) is 0.513. The lowest BCUT2D eigenvalue weighted by Gasteiger charge is -2.20. The van der Waals surface area contributed by atoms with Gasteiger partial charge in [-0.1, -0.05) is 11.6 Å². The van der Waals surface area contributed by atoms with Gasteiger partial charge in [0.05, 0.1) is 5.25 Å². The third-order valence-corrected chi connectivity index (χ3v) is 5.19. The minimum Gasteiger partial charge on any atom is -0.264 e. The Morgan fingerprint density at radius 3 is 2.46 bits per heavy atom. The van der Waals surface area contributed by atoms with Gasteiger partial charge in [0.1, 0.15) is 11.6 Å². The second-order valence-electron chi connectivity index (χ2n) is 5.35. The molecule has 0 saturated carbocycles. The number of thioether (sulfide) groups is 1. The zero-order valence-corrected chi connectivity index (χ0v) is 14.4. The maximum atomic E-state index is 14.4. The Morgan fingerprint density at radius 2 is 1.75 bits per heavy atom. The standard InChI is InChI=1S/C19H14ClF2NS/c1-12-11-23-9-8-16(12)19(17-10-14(21)4-7-18(17)22)24-15-5-2-13(20)3-6-15/h2-11,19H,1H3. The molecule has 0 fully saturated rings. The zero-order valence-electron chi connectivity index (χ0n) is 12.8. The van der Waals surface area contributed by atoms with Gasteiger partial charge in [-0.15, -0.1) is 11.8 Å². The SMILES string of the molecule is Cc1cnccc1C(Sc1ccc(Cl)cc1)c1cc(F)ccc1F. The molecule has 0 saturated heterocycles. The number of benzene rings is 2. The van der Waals surface area contributed by atoms with E-state index in [9.17, 15) is 8.78 Å². The van der Waals surface area contributed by atoms with Crippen LogP contribution in [0.5, 0.6) is 0 Å². The van der Waals surface area contributed by atoms with Gasteiger partial charge in [0.2, 0.25) is 0 Å². The van der Waals surface area contributed by atoms with E-state index >= 15 is 0 Å². The summed E-state index contributed by atoms with van der Waals surface area (Å²) in [5.74, 6) is -0.890. The predicted octanol–water partition coefficient (Wildman–Crippen LogP) is 6.20. The number of pyridine rings is 1. The second-order valence-corrected chi connectivity index (χ2v) is 6.96. The highest BCUT2D eigenvalue weighted by atomic mass is 35.5. The fraction of sp³-hybridized carbons (Fsp3) is 0.105. The van der Waals surface area contributed by atoms with Crippen LogP contribution in [0.25, 0.3) is 0 Å². The summed E-state index contributed by atoms with van der Waals surface area (Å²) >= 11 is 7.37. The van der Waals surface area contributed by atoms with Crippen LogP contribution >= 0.6 is 23.4 Å². The molecule has 122 valence electrons. The molecular weight excluding hydrogens is 348 g/mol. The molecule has 24 heavy (non-hydrogen) atoms. The van der Waals surface area contributed by atoms with Gasteiger partial charge in [-0.05, 0) is 66.6 Å². The smallest absolute Gasteiger partial charge is 0.128 e. The lowest BCUT2D eigenvalue weighted by Crippen LogP contribution is -2.03. The molecule has 1 atom stereocenters. The molecule has 0 N–H and O–H groups in total. The van der Waals surface area contributed by atoms with Gasteiger partial charge in [-0.25, -0.2) is 8.78 Å². The summed E-state index contributed by atoms with van der Waals surface area (Å²) in [7, 11) is 0. The summed E-state index contributed by atoms with van der Waals surface area (Å²) in [4.78, 5) is 5.01. The van der Waals surface area contributed by atoms with E-state index in [1.165, 1.54) is 17.8 Å². The van der Waals surface area contributed by atoms with Crippen LogP contribution in [-0.4, -0.2) is 4.98 Å². The van der Waals surface area contributed by atoms with Crippen molar-refractivity contribution in [1.29, 1.82) is 0 Å². The first-order chi connectivity index (χ1) is 11.5. The van der Waals surface area contributed by atoms with Gasteiger partial charge in [-0.3, -0.25) is 4.98 Å². The van der Waals surface area contributed by atoms with Crippen LogP contribution in [0.4, 0.5) is 8.78 Å². The Bertz CT molecular complexity index is 852. The molecule has 0 spiro atoms. The number of aromatic nitrogens is 1. The highest BCUT2D eigenvalue weighted by Gasteiger charge is 2.22. The van der Waals surface area contributed by atoms with Crippen molar-refractivity contribution in [2.45, 2.75) is 17.1 Å². The number of nitrogens with zero attached hydrogens (tertiary/aromatic N) is 1. The van der Waals surface area contributed by atoms with E-state index in [0.717, 1.165) is 28.2 Å². The van der Waals surface area contributed by atoms with Crippen LogP contribution in [0.1, 0.15) is 21.9 Å². The number of hydrogen-bond acceptors (Lipinski definition) is 2. The molecule has 0 radical (unpaired) electrons. The molecule has 0 bridgehead atoms. The van der Waals surface area contributed by atoms with E-state index in [0.29, 0.717) is 10.6 Å². The molecule has 3 rings (SSSR count). The van der Waals surface area contributed by atoms with Gasteiger partial charge in [0.25, 0.3) is 0 Å². The Kier molecular flexibility index (Phi) is 5.17.